The summed E-state index contributed by atoms with van der Waals surface area (Å²) in [4.78, 5) is 7.23. The second-order valence-electron chi connectivity index (χ2n) is 13.4. The van der Waals surface area contributed by atoms with Crippen LogP contribution in [0.5, 0.6) is 0 Å². The molecular formula is C48H34BN3. The van der Waals surface area contributed by atoms with Crippen LogP contribution < -0.4 is 31.1 Å². The van der Waals surface area contributed by atoms with E-state index < -0.39 is 0 Å². The predicted molar refractivity (Wildman–Crippen MR) is 221 cm³/mol. The number of hydrogen-bond acceptors (Lipinski definition) is 3. The summed E-state index contributed by atoms with van der Waals surface area (Å²) in [6.07, 6.45) is 0. The van der Waals surface area contributed by atoms with Gasteiger partial charge in [-0.25, -0.2) is 0 Å². The Hall–Kier alpha value is -6.78. The van der Waals surface area contributed by atoms with Crippen LogP contribution in [0.1, 0.15) is 0 Å². The molecule has 244 valence electrons. The molecule has 3 nitrogen and oxygen atoms in total. The highest BCUT2D eigenvalue weighted by molar-refractivity contribution is 7.01. The van der Waals surface area contributed by atoms with Crippen molar-refractivity contribution in [1.29, 1.82) is 0 Å². The van der Waals surface area contributed by atoms with Gasteiger partial charge in [0.15, 0.2) is 0 Å². The number of rotatable bonds is 7. The fraction of sp³-hybridized carbons (Fsp3) is 0. The van der Waals surface area contributed by atoms with E-state index in [1.165, 1.54) is 38.9 Å². The molecule has 0 spiro atoms. The van der Waals surface area contributed by atoms with Gasteiger partial charge in [-0.05, 0) is 107 Å². The minimum atomic E-state index is 0.114. The van der Waals surface area contributed by atoms with Gasteiger partial charge in [0.25, 0.3) is 0 Å². The second kappa shape index (κ2) is 12.5. The van der Waals surface area contributed by atoms with Crippen LogP contribution in [0.4, 0.5) is 51.2 Å². The average Bonchev–Trinajstić information content (AvgIpc) is 3.55. The van der Waals surface area contributed by atoms with Gasteiger partial charge in [0.2, 0.25) is 6.71 Å². The van der Waals surface area contributed by atoms with E-state index in [-0.39, 0.29) is 6.71 Å². The van der Waals surface area contributed by atoms with Crippen molar-refractivity contribution >= 4 is 74.3 Å². The molecule has 0 amide bonds. The summed E-state index contributed by atoms with van der Waals surface area (Å²) in [5, 5.41) is 0. The van der Waals surface area contributed by atoms with E-state index in [4.69, 9.17) is 0 Å². The van der Waals surface area contributed by atoms with Gasteiger partial charge in [0.1, 0.15) is 0 Å². The lowest BCUT2D eigenvalue weighted by Crippen LogP contribution is -2.54. The Morgan fingerprint density at radius 2 is 0.788 bits per heavy atom. The van der Waals surface area contributed by atoms with Crippen LogP contribution in [0.25, 0.3) is 11.1 Å². The molecule has 2 aliphatic rings. The molecule has 0 saturated heterocycles. The molecule has 0 radical (unpaired) electrons. The summed E-state index contributed by atoms with van der Waals surface area (Å²) in [5.74, 6) is 0. The highest BCUT2D eigenvalue weighted by atomic mass is 15.2. The predicted octanol–water partition coefficient (Wildman–Crippen LogP) is 10.9. The highest BCUT2D eigenvalue weighted by Crippen LogP contribution is 2.46. The van der Waals surface area contributed by atoms with Crippen LogP contribution in [-0.4, -0.2) is 6.71 Å². The number of nitrogens with zero attached hydrogens (tertiary/aromatic N) is 3. The molecule has 10 rings (SSSR count). The van der Waals surface area contributed by atoms with Gasteiger partial charge in [0, 0.05) is 51.2 Å². The van der Waals surface area contributed by atoms with E-state index in [9.17, 15) is 0 Å². The summed E-state index contributed by atoms with van der Waals surface area (Å²) in [6, 6.07) is 74.5. The Kier molecular flexibility index (Phi) is 7.25. The van der Waals surface area contributed by atoms with Crippen LogP contribution in [-0.2, 0) is 0 Å². The van der Waals surface area contributed by atoms with Crippen molar-refractivity contribution in [3.8, 4) is 11.1 Å². The Labute approximate surface area is 305 Å². The van der Waals surface area contributed by atoms with E-state index >= 15 is 0 Å². The number of para-hydroxylation sites is 5. The van der Waals surface area contributed by atoms with Gasteiger partial charge in [-0.2, -0.15) is 0 Å². The van der Waals surface area contributed by atoms with Crippen molar-refractivity contribution in [2.75, 3.05) is 14.7 Å². The lowest BCUT2D eigenvalue weighted by molar-refractivity contribution is 1.24. The molecule has 2 heterocycles. The van der Waals surface area contributed by atoms with Gasteiger partial charge >= 0.3 is 0 Å². The smallest absolute Gasteiger partial charge is 0.248 e. The Bertz CT molecular complexity index is 2440. The molecule has 0 aliphatic carbocycles. The fourth-order valence-electron chi connectivity index (χ4n) is 8.23. The summed E-state index contributed by atoms with van der Waals surface area (Å²) >= 11 is 0. The molecule has 8 aromatic carbocycles. The molecule has 0 aromatic heterocycles. The molecule has 0 N–H and O–H groups in total. The Morgan fingerprint density at radius 1 is 0.327 bits per heavy atom. The molecule has 0 fully saturated rings. The first-order valence-corrected chi connectivity index (χ1v) is 17.9. The first-order chi connectivity index (χ1) is 25.8. The highest BCUT2D eigenvalue weighted by Gasteiger charge is 2.43. The SMILES string of the molecule is c1ccc(N(c2ccccc2)c2ccc3c(c2)N(c2ccccc2)c2cc(N(c4ccccc4)c4ccccc4)cc4c2B3c2ccccc2-4)cc1. The number of hydrogen-bond donors (Lipinski definition) is 0. The molecule has 4 heteroatoms. The number of fused-ring (bicyclic) bond motifs is 5. The third-order valence-corrected chi connectivity index (χ3v) is 10.4. The van der Waals surface area contributed by atoms with E-state index in [2.05, 4.69) is 221 Å². The minimum Gasteiger partial charge on any atom is -0.311 e. The molecular weight excluding hydrogens is 629 g/mol. The molecule has 2 aliphatic heterocycles. The van der Waals surface area contributed by atoms with Crippen molar-refractivity contribution in [3.05, 3.63) is 206 Å². The maximum absolute atomic E-state index is 2.49. The van der Waals surface area contributed by atoms with Gasteiger partial charge in [-0.15, -0.1) is 0 Å². The molecule has 0 saturated carbocycles. The molecule has 0 unspecified atom stereocenters. The molecule has 0 atom stereocenters. The third-order valence-electron chi connectivity index (χ3n) is 10.4. The fourth-order valence-corrected chi connectivity index (χ4v) is 8.23. The van der Waals surface area contributed by atoms with Gasteiger partial charge in [0.05, 0.1) is 0 Å². The normalized spacial score (nSPS) is 12.2. The van der Waals surface area contributed by atoms with Crippen LogP contribution in [0.3, 0.4) is 0 Å². The Balaban J connectivity index is 1.25. The van der Waals surface area contributed by atoms with E-state index in [1.807, 2.05) is 0 Å². The van der Waals surface area contributed by atoms with Gasteiger partial charge in [-0.3, -0.25) is 0 Å². The van der Waals surface area contributed by atoms with Gasteiger partial charge < -0.3 is 14.7 Å². The Morgan fingerprint density at radius 3 is 1.35 bits per heavy atom. The van der Waals surface area contributed by atoms with Crippen LogP contribution in [0.2, 0.25) is 0 Å². The maximum atomic E-state index is 2.49. The average molecular weight is 664 g/mol. The second-order valence-corrected chi connectivity index (χ2v) is 13.4. The monoisotopic (exact) mass is 663 g/mol. The summed E-state index contributed by atoms with van der Waals surface area (Å²) in [6.45, 7) is 0.114. The largest absolute Gasteiger partial charge is 0.311 e. The van der Waals surface area contributed by atoms with E-state index in [0.29, 0.717) is 0 Å². The zero-order valence-corrected chi connectivity index (χ0v) is 28.5. The summed E-state index contributed by atoms with van der Waals surface area (Å²) < 4.78 is 0. The number of anilines is 9. The van der Waals surface area contributed by atoms with Crippen molar-refractivity contribution < 1.29 is 0 Å². The van der Waals surface area contributed by atoms with Crippen molar-refractivity contribution in [3.63, 3.8) is 0 Å². The van der Waals surface area contributed by atoms with Crippen molar-refractivity contribution in [2.24, 2.45) is 0 Å². The quantitative estimate of drug-likeness (QED) is 0.157. The molecule has 0 bridgehead atoms. The summed E-state index contributed by atoms with van der Waals surface area (Å²) in [7, 11) is 0. The van der Waals surface area contributed by atoms with Crippen molar-refractivity contribution in [2.45, 2.75) is 0 Å². The van der Waals surface area contributed by atoms with Crippen LogP contribution >= 0.6 is 0 Å². The zero-order chi connectivity index (χ0) is 34.4. The van der Waals surface area contributed by atoms with Crippen LogP contribution in [0, 0.1) is 0 Å². The van der Waals surface area contributed by atoms with E-state index in [0.717, 1.165) is 39.8 Å². The van der Waals surface area contributed by atoms with Crippen LogP contribution in [0.15, 0.2) is 206 Å². The zero-order valence-electron chi connectivity index (χ0n) is 28.5. The lowest BCUT2D eigenvalue weighted by atomic mass is 9.37. The lowest BCUT2D eigenvalue weighted by Gasteiger charge is -2.38. The number of benzene rings is 8. The standard InChI is InChI=1S/C48H34BN3/c1-6-18-35(19-7-1)50(36-20-8-2-9-21-36)40-30-31-45-46(33-40)52(39-26-14-5-15-27-39)47-34-41(32-43-42-28-16-17-29-44(42)49(45)48(43)47)51(37-22-10-3-11-23-37)38-24-12-4-13-25-38/h1-34H. The minimum absolute atomic E-state index is 0.114. The first-order valence-electron chi connectivity index (χ1n) is 17.9. The summed E-state index contributed by atoms with van der Waals surface area (Å²) in [5.41, 5.74) is 16.8. The first kappa shape index (κ1) is 30.1. The maximum Gasteiger partial charge on any atom is 0.248 e. The van der Waals surface area contributed by atoms with Crippen molar-refractivity contribution in [1.82, 2.24) is 0 Å². The third kappa shape index (κ3) is 4.91. The van der Waals surface area contributed by atoms with Gasteiger partial charge in [-0.1, -0.05) is 127 Å². The topological polar surface area (TPSA) is 9.72 Å². The van der Waals surface area contributed by atoms with E-state index in [1.54, 1.807) is 0 Å². The molecule has 8 aromatic rings. The molecule has 52 heavy (non-hydrogen) atoms.